The quantitative estimate of drug-likeness (QED) is 0.404. The third kappa shape index (κ3) is 5.66. The van der Waals surface area contributed by atoms with E-state index in [4.69, 9.17) is 5.11 Å². The summed E-state index contributed by atoms with van der Waals surface area (Å²) in [5.74, 6) is 0.231. The van der Waals surface area contributed by atoms with Crippen LogP contribution in [0.3, 0.4) is 0 Å². The molecule has 7 heteroatoms. The summed E-state index contributed by atoms with van der Waals surface area (Å²) < 4.78 is 0. The van der Waals surface area contributed by atoms with Gasteiger partial charge < -0.3 is 15.7 Å². The van der Waals surface area contributed by atoms with E-state index in [9.17, 15) is 14.9 Å². The van der Waals surface area contributed by atoms with Crippen LogP contribution >= 0.6 is 0 Å². The Kier molecular flexibility index (Phi) is 6.45. The first kappa shape index (κ1) is 15.9. The maximum atomic E-state index is 11.5. The number of aliphatic hydroxyl groups excluding tert-OH is 1. The van der Waals surface area contributed by atoms with Gasteiger partial charge in [0.2, 0.25) is 0 Å². The summed E-state index contributed by atoms with van der Waals surface area (Å²) in [4.78, 5) is 21.5. The van der Waals surface area contributed by atoms with Gasteiger partial charge in [0.25, 0.3) is 5.69 Å². The number of carbonyl (C=O) groups is 1. The summed E-state index contributed by atoms with van der Waals surface area (Å²) >= 11 is 0. The van der Waals surface area contributed by atoms with Gasteiger partial charge in [-0.2, -0.15) is 0 Å². The number of urea groups is 1. The Morgan fingerprint density at radius 1 is 1.40 bits per heavy atom. The Morgan fingerprint density at radius 2 is 2.05 bits per heavy atom. The zero-order valence-electron chi connectivity index (χ0n) is 11.3. The molecule has 1 aromatic rings. The van der Waals surface area contributed by atoms with Crippen LogP contribution in [0.25, 0.3) is 0 Å². The highest BCUT2D eigenvalue weighted by molar-refractivity contribution is 5.89. The van der Waals surface area contributed by atoms with Gasteiger partial charge in [-0.15, -0.1) is 0 Å². The van der Waals surface area contributed by atoms with Crippen molar-refractivity contribution in [1.82, 2.24) is 5.32 Å². The highest BCUT2D eigenvalue weighted by Crippen LogP contribution is 2.15. The number of nitrogens with one attached hydrogen (secondary N) is 2. The van der Waals surface area contributed by atoms with E-state index in [-0.39, 0.29) is 24.2 Å². The lowest BCUT2D eigenvalue weighted by molar-refractivity contribution is -0.384. The minimum Gasteiger partial charge on any atom is -0.396 e. The van der Waals surface area contributed by atoms with Crippen LogP contribution in [-0.2, 0) is 0 Å². The van der Waals surface area contributed by atoms with Gasteiger partial charge in [0, 0.05) is 31.0 Å². The van der Waals surface area contributed by atoms with Crippen LogP contribution in [-0.4, -0.2) is 29.2 Å². The summed E-state index contributed by atoms with van der Waals surface area (Å²) in [6, 6.07) is 5.27. The molecule has 0 aliphatic carbocycles. The van der Waals surface area contributed by atoms with Crippen LogP contribution in [0.4, 0.5) is 16.2 Å². The Labute approximate surface area is 117 Å². The van der Waals surface area contributed by atoms with E-state index in [1.54, 1.807) is 0 Å². The van der Waals surface area contributed by atoms with Gasteiger partial charge in [0.05, 0.1) is 4.92 Å². The molecule has 3 N–H and O–H groups in total. The third-order valence-corrected chi connectivity index (χ3v) is 2.81. The first-order valence-electron chi connectivity index (χ1n) is 6.43. The molecule has 0 saturated carbocycles. The number of hydrogen-bond donors (Lipinski definition) is 3. The van der Waals surface area contributed by atoms with Crippen molar-refractivity contribution >= 4 is 17.4 Å². The highest BCUT2D eigenvalue weighted by atomic mass is 16.6. The zero-order chi connectivity index (χ0) is 15.0. The Bertz CT molecular complexity index is 447. The predicted molar refractivity (Wildman–Crippen MR) is 75.6 cm³/mol. The number of nitrogens with zero attached hydrogens (tertiary/aromatic N) is 1. The monoisotopic (exact) mass is 281 g/mol. The van der Waals surface area contributed by atoms with Crippen molar-refractivity contribution in [3.8, 4) is 0 Å². The summed E-state index contributed by atoms with van der Waals surface area (Å²) in [6.45, 7) is 2.61. The van der Waals surface area contributed by atoms with Crippen LogP contribution in [0.2, 0.25) is 0 Å². The summed E-state index contributed by atoms with van der Waals surface area (Å²) in [7, 11) is 0. The lowest BCUT2D eigenvalue weighted by atomic mass is 10.1. The first-order valence-corrected chi connectivity index (χ1v) is 6.43. The largest absolute Gasteiger partial charge is 0.396 e. The molecule has 0 radical (unpaired) electrons. The van der Waals surface area contributed by atoms with Gasteiger partial charge >= 0.3 is 6.03 Å². The summed E-state index contributed by atoms with van der Waals surface area (Å²) in [5, 5.41) is 24.6. The molecular formula is C13H19N3O4. The molecule has 2 amide bonds. The van der Waals surface area contributed by atoms with E-state index in [0.29, 0.717) is 12.2 Å². The lowest BCUT2D eigenvalue weighted by Crippen LogP contribution is -2.29. The topological polar surface area (TPSA) is 104 Å². The summed E-state index contributed by atoms with van der Waals surface area (Å²) in [6.07, 6.45) is 1.63. The second kappa shape index (κ2) is 8.11. The number of aliphatic hydroxyl groups is 1. The zero-order valence-corrected chi connectivity index (χ0v) is 11.3. The van der Waals surface area contributed by atoms with Gasteiger partial charge in [0.15, 0.2) is 0 Å². The number of carbonyl (C=O) groups excluding carboxylic acids is 1. The van der Waals surface area contributed by atoms with Crippen molar-refractivity contribution in [2.75, 3.05) is 18.5 Å². The van der Waals surface area contributed by atoms with Crippen LogP contribution in [0, 0.1) is 16.0 Å². The number of nitro benzene ring substituents is 1. The maximum absolute atomic E-state index is 11.5. The predicted octanol–water partition coefficient (Wildman–Crippen LogP) is 2.12. The molecule has 0 saturated heterocycles. The number of hydrogen-bond acceptors (Lipinski definition) is 4. The van der Waals surface area contributed by atoms with Gasteiger partial charge in [0.1, 0.15) is 0 Å². The van der Waals surface area contributed by atoms with E-state index in [0.717, 1.165) is 12.8 Å². The van der Waals surface area contributed by atoms with Gasteiger partial charge in [-0.1, -0.05) is 6.92 Å². The molecule has 1 unspecified atom stereocenters. The van der Waals surface area contributed by atoms with Crippen LogP contribution in [0.15, 0.2) is 24.3 Å². The number of benzene rings is 1. The molecule has 1 aromatic carbocycles. The molecule has 1 rings (SSSR count). The molecule has 0 aliphatic heterocycles. The van der Waals surface area contributed by atoms with Crippen molar-refractivity contribution < 1.29 is 14.8 Å². The first-order chi connectivity index (χ1) is 9.52. The maximum Gasteiger partial charge on any atom is 0.319 e. The van der Waals surface area contributed by atoms with E-state index >= 15 is 0 Å². The standard InChI is InChI=1S/C13H19N3O4/c1-10(9-17)3-2-8-14-13(18)15-11-4-6-12(7-5-11)16(19)20/h4-7,10,17H,2-3,8-9H2,1H3,(H2,14,15,18). The number of rotatable bonds is 7. The molecule has 0 bridgehead atoms. The van der Waals surface area contributed by atoms with Crippen LogP contribution < -0.4 is 10.6 Å². The van der Waals surface area contributed by atoms with Gasteiger partial charge in [-0.25, -0.2) is 4.79 Å². The van der Waals surface area contributed by atoms with Crippen molar-refractivity contribution in [3.05, 3.63) is 34.4 Å². The average Bonchev–Trinajstić information content (AvgIpc) is 2.43. The molecule has 0 fully saturated rings. The average molecular weight is 281 g/mol. The van der Waals surface area contributed by atoms with Gasteiger partial charge in [-0.3, -0.25) is 10.1 Å². The second-order valence-corrected chi connectivity index (χ2v) is 4.61. The molecule has 20 heavy (non-hydrogen) atoms. The Morgan fingerprint density at radius 3 is 2.60 bits per heavy atom. The smallest absolute Gasteiger partial charge is 0.319 e. The normalized spacial score (nSPS) is 11.7. The molecule has 0 spiro atoms. The Hall–Kier alpha value is -2.15. The Balaban J connectivity index is 2.30. The number of nitro groups is 1. The minimum atomic E-state index is -0.494. The van der Waals surface area contributed by atoms with E-state index in [1.165, 1.54) is 24.3 Å². The molecule has 0 aliphatic rings. The molecular weight excluding hydrogens is 262 g/mol. The third-order valence-electron chi connectivity index (χ3n) is 2.81. The van der Waals surface area contributed by atoms with Crippen molar-refractivity contribution in [2.45, 2.75) is 19.8 Å². The SMILES string of the molecule is CC(CO)CCCNC(=O)Nc1ccc([N+](=O)[O-])cc1. The fourth-order valence-electron chi connectivity index (χ4n) is 1.59. The van der Waals surface area contributed by atoms with Crippen molar-refractivity contribution in [2.24, 2.45) is 5.92 Å². The van der Waals surface area contributed by atoms with E-state index in [2.05, 4.69) is 10.6 Å². The second-order valence-electron chi connectivity index (χ2n) is 4.61. The van der Waals surface area contributed by atoms with Crippen molar-refractivity contribution in [3.63, 3.8) is 0 Å². The van der Waals surface area contributed by atoms with E-state index in [1.807, 2.05) is 6.92 Å². The van der Waals surface area contributed by atoms with Crippen molar-refractivity contribution in [1.29, 1.82) is 0 Å². The molecule has 110 valence electrons. The molecule has 0 aromatic heterocycles. The molecule has 0 heterocycles. The van der Waals surface area contributed by atoms with Crippen LogP contribution in [0.5, 0.6) is 0 Å². The van der Waals surface area contributed by atoms with Gasteiger partial charge in [-0.05, 0) is 30.9 Å². The summed E-state index contributed by atoms with van der Waals surface area (Å²) in [5.41, 5.74) is 0.478. The highest BCUT2D eigenvalue weighted by Gasteiger charge is 2.06. The fourth-order valence-corrected chi connectivity index (χ4v) is 1.59. The number of anilines is 1. The van der Waals surface area contributed by atoms with Crippen LogP contribution in [0.1, 0.15) is 19.8 Å². The molecule has 7 nitrogen and oxygen atoms in total. The fraction of sp³-hybridized carbons (Fsp3) is 0.462. The molecule has 1 atom stereocenters. The van der Waals surface area contributed by atoms with E-state index < -0.39 is 4.92 Å². The minimum absolute atomic E-state index is 0.0195. The number of non-ortho nitro benzene ring substituents is 1. The number of amides is 2. The lowest BCUT2D eigenvalue weighted by Gasteiger charge is -2.09.